The van der Waals surface area contributed by atoms with Crippen LogP contribution in [0.5, 0.6) is 11.5 Å². The van der Waals surface area contributed by atoms with Gasteiger partial charge in [0.05, 0.1) is 11.4 Å². The zero-order valence-corrected chi connectivity index (χ0v) is 23.0. The zero-order chi connectivity index (χ0) is 28.1. The van der Waals surface area contributed by atoms with E-state index >= 15 is 4.39 Å². The molecule has 1 aliphatic heterocycles. The summed E-state index contributed by atoms with van der Waals surface area (Å²) in [6.07, 6.45) is 7.75. The van der Waals surface area contributed by atoms with Crippen LogP contribution in [0, 0.1) is 5.95 Å². The fourth-order valence-electron chi connectivity index (χ4n) is 5.15. The number of likely N-dealkylation sites (N-methyl/N-ethyl adjacent to an activating group) is 1. The maximum Gasteiger partial charge on any atom is 0.246 e. The topological polar surface area (TPSA) is 89.5 Å². The number of benzene rings is 2. The summed E-state index contributed by atoms with van der Waals surface area (Å²) in [7, 11) is 2.05. The molecule has 2 aromatic heterocycles. The third-order valence-corrected chi connectivity index (χ3v) is 7.29. The monoisotopic (exact) mass is 542 g/mol. The molecule has 3 heterocycles. The molecule has 0 radical (unpaired) electrons. The minimum atomic E-state index is -0.439. The number of amides is 1. The first-order valence-corrected chi connectivity index (χ1v) is 13.7. The summed E-state index contributed by atoms with van der Waals surface area (Å²) in [5, 5.41) is 0.469. The normalized spacial score (nSPS) is 15.5. The highest BCUT2D eigenvalue weighted by Gasteiger charge is 2.32. The first kappa shape index (κ1) is 27.3. The summed E-state index contributed by atoms with van der Waals surface area (Å²) >= 11 is 0. The Labute approximate surface area is 233 Å². The molecule has 2 N–H and O–H groups in total. The number of hydrogen-bond donors (Lipinski definition) is 1. The van der Waals surface area contributed by atoms with Crippen molar-refractivity contribution in [2.24, 2.45) is 0 Å². The fraction of sp³-hybridized carbons (Fsp3) is 0.323. The number of nitrogens with two attached hydrogens (primary N) is 1. The number of halogens is 1. The van der Waals surface area contributed by atoms with E-state index in [2.05, 4.69) is 21.8 Å². The van der Waals surface area contributed by atoms with Gasteiger partial charge < -0.3 is 20.3 Å². The van der Waals surface area contributed by atoms with Crippen molar-refractivity contribution < 1.29 is 13.9 Å². The molecule has 0 saturated carbocycles. The Morgan fingerprint density at radius 2 is 1.90 bits per heavy atom. The highest BCUT2D eigenvalue weighted by Crippen LogP contribution is 2.39. The second-order valence-electron chi connectivity index (χ2n) is 10.2. The van der Waals surface area contributed by atoms with E-state index in [-0.39, 0.29) is 17.8 Å². The molecule has 40 heavy (non-hydrogen) atoms. The minimum absolute atomic E-state index is 0.0633. The molecule has 0 spiro atoms. The summed E-state index contributed by atoms with van der Waals surface area (Å²) < 4.78 is 23.7. The number of nitrogen functional groups attached to an aromatic ring is 1. The average Bonchev–Trinajstić information content (AvgIpc) is 3.56. The molecule has 8 nitrogen and oxygen atoms in total. The Morgan fingerprint density at radius 1 is 1.15 bits per heavy atom. The second kappa shape index (κ2) is 12.3. The smallest absolute Gasteiger partial charge is 0.246 e. The van der Waals surface area contributed by atoms with Crippen molar-refractivity contribution >= 4 is 22.8 Å². The van der Waals surface area contributed by atoms with E-state index in [1.807, 2.05) is 43.5 Å². The molecule has 2 aromatic carbocycles. The Morgan fingerprint density at radius 3 is 2.65 bits per heavy atom. The molecule has 1 atom stereocenters. The van der Waals surface area contributed by atoms with Gasteiger partial charge in [0.2, 0.25) is 11.9 Å². The molecular weight excluding hydrogens is 507 g/mol. The van der Waals surface area contributed by atoms with Gasteiger partial charge in [-0.05, 0) is 56.3 Å². The molecular formula is C31H35FN6O2. The summed E-state index contributed by atoms with van der Waals surface area (Å²) in [6.45, 7) is 4.81. The Bertz CT molecular complexity index is 1490. The largest absolute Gasteiger partial charge is 0.457 e. The minimum Gasteiger partial charge on any atom is -0.457 e. The van der Waals surface area contributed by atoms with Gasteiger partial charge in [-0.1, -0.05) is 49.8 Å². The van der Waals surface area contributed by atoms with Crippen LogP contribution in [0.4, 0.5) is 10.2 Å². The van der Waals surface area contributed by atoms with Crippen LogP contribution in [-0.2, 0) is 4.79 Å². The number of nitrogens with zero attached hydrogens (tertiary/aromatic N) is 5. The first-order chi connectivity index (χ1) is 19.5. The molecule has 1 aliphatic rings. The van der Waals surface area contributed by atoms with Crippen molar-refractivity contribution in [2.75, 3.05) is 39.0 Å². The third-order valence-electron chi connectivity index (χ3n) is 7.29. The molecule has 0 unspecified atom stereocenters. The Balaban J connectivity index is 1.37. The predicted octanol–water partition coefficient (Wildman–Crippen LogP) is 5.67. The van der Waals surface area contributed by atoms with Crippen LogP contribution in [-0.4, -0.2) is 63.5 Å². The van der Waals surface area contributed by atoms with Crippen molar-refractivity contribution in [2.45, 2.75) is 32.2 Å². The maximum absolute atomic E-state index is 16.3. The number of carbonyl (C=O) groups is 1. The number of hydrogen-bond acceptors (Lipinski definition) is 6. The lowest BCUT2D eigenvalue weighted by molar-refractivity contribution is -0.125. The molecule has 1 fully saturated rings. The van der Waals surface area contributed by atoms with Crippen LogP contribution in [0.2, 0.25) is 0 Å². The highest BCUT2D eigenvalue weighted by molar-refractivity contribution is 6.01. The van der Waals surface area contributed by atoms with Crippen molar-refractivity contribution in [3.8, 4) is 22.6 Å². The number of carbonyl (C=O) groups excluding carboxylic acids is 1. The number of aromatic nitrogens is 3. The third kappa shape index (κ3) is 5.84. The lowest BCUT2D eigenvalue weighted by atomic mass is 10.1. The molecule has 1 saturated heterocycles. The van der Waals surface area contributed by atoms with Crippen molar-refractivity contribution in [3.05, 3.63) is 79.0 Å². The summed E-state index contributed by atoms with van der Waals surface area (Å²) in [5.74, 6) is 1.06. The van der Waals surface area contributed by atoms with Gasteiger partial charge in [0.15, 0.2) is 0 Å². The van der Waals surface area contributed by atoms with Crippen molar-refractivity contribution in [1.82, 2.24) is 24.3 Å². The zero-order valence-electron chi connectivity index (χ0n) is 23.0. The number of ether oxygens (including phenoxy) is 1. The second-order valence-corrected chi connectivity index (χ2v) is 10.2. The number of anilines is 1. The van der Waals surface area contributed by atoms with Crippen LogP contribution < -0.4 is 10.5 Å². The quantitative estimate of drug-likeness (QED) is 0.260. The standard InChI is InChI=1S/C31H35FN6O2/c1-3-4-17-36(2)18-8-11-26(39)37-19-16-23(20-37)38-29(32)27(28-30(33)34-21-35-31(28)38)22-12-14-25(15-13-22)40-24-9-6-5-7-10-24/h5-15,21,23H,3-4,16-20H2,1-2H3,(H2,33,34,35)/b11-8+/t23-/m1/s1. The molecule has 208 valence electrons. The molecule has 0 bridgehead atoms. The van der Waals surface area contributed by atoms with E-state index in [4.69, 9.17) is 10.5 Å². The van der Waals surface area contributed by atoms with Crippen LogP contribution in [0.15, 0.2) is 73.1 Å². The molecule has 9 heteroatoms. The first-order valence-electron chi connectivity index (χ1n) is 13.7. The van der Waals surface area contributed by atoms with E-state index in [1.54, 1.807) is 39.8 Å². The molecule has 4 aromatic rings. The Hall–Kier alpha value is -4.24. The number of fused-ring (bicyclic) bond motifs is 1. The van der Waals surface area contributed by atoms with Gasteiger partial charge in [-0.3, -0.25) is 9.36 Å². The SMILES string of the molecule is CCCCN(C)C/C=C/C(=O)N1CC[C@@H](n2c(F)c(-c3ccc(Oc4ccccc4)cc3)c3c(N)ncnc32)C1. The van der Waals surface area contributed by atoms with Gasteiger partial charge in [-0.15, -0.1) is 0 Å². The van der Waals surface area contributed by atoms with Crippen LogP contribution in [0.3, 0.4) is 0 Å². The number of rotatable bonds is 10. The van der Waals surface area contributed by atoms with E-state index in [0.29, 0.717) is 54.0 Å². The number of likely N-dealkylation sites (tertiary alicyclic amines) is 1. The summed E-state index contributed by atoms with van der Waals surface area (Å²) in [4.78, 5) is 25.4. The van der Waals surface area contributed by atoms with Gasteiger partial charge >= 0.3 is 0 Å². The van der Waals surface area contributed by atoms with Crippen molar-refractivity contribution in [3.63, 3.8) is 0 Å². The van der Waals surface area contributed by atoms with Gasteiger partial charge in [-0.25, -0.2) is 9.97 Å². The van der Waals surface area contributed by atoms with Gasteiger partial charge in [0, 0.05) is 31.3 Å². The summed E-state index contributed by atoms with van der Waals surface area (Å²) in [6, 6.07) is 16.4. The lowest BCUT2D eigenvalue weighted by Crippen LogP contribution is -2.28. The van der Waals surface area contributed by atoms with Gasteiger partial charge in [-0.2, -0.15) is 4.39 Å². The van der Waals surface area contributed by atoms with Crippen LogP contribution >= 0.6 is 0 Å². The van der Waals surface area contributed by atoms with Gasteiger partial charge in [0.1, 0.15) is 29.3 Å². The van der Waals surface area contributed by atoms with Gasteiger partial charge in [0.25, 0.3) is 0 Å². The molecule has 5 rings (SSSR count). The van der Waals surface area contributed by atoms with E-state index in [9.17, 15) is 4.79 Å². The van der Waals surface area contributed by atoms with Crippen LogP contribution in [0.1, 0.15) is 32.2 Å². The molecule has 0 aliphatic carbocycles. The lowest BCUT2D eigenvalue weighted by Gasteiger charge is -2.17. The number of unbranched alkanes of at least 4 members (excludes halogenated alkanes) is 1. The Kier molecular flexibility index (Phi) is 8.40. The number of para-hydroxylation sites is 1. The average molecular weight is 543 g/mol. The van der Waals surface area contributed by atoms with Crippen LogP contribution in [0.25, 0.3) is 22.2 Å². The fourth-order valence-corrected chi connectivity index (χ4v) is 5.15. The summed E-state index contributed by atoms with van der Waals surface area (Å²) in [5.41, 5.74) is 7.68. The van der Waals surface area contributed by atoms with E-state index in [0.717, 1.165) is 25.1 Å². The predicted molar refractivity (Wildman–Crippen MR) is 156 cm³/mol. The maximum atomic E-state index is 16.3. The molecule has 1 amide bonds. The van der Waals surface area contributed by atoms with E-state index < -0.39 is 5.95 Å². The van der Waals surface area contributed by atoms with E-state index in [1.165, 1.54) is 6.33 Å². The van der Waals surface area contributed by atoms with Crippen molar-refractivity contribution in [1.29, 1.82) is 0 Å². The highest BCUT2D eigenvalue weighted by atomic mass is 19.1.